The van der Waals surface area contributed by atoms with Gasteiger partial charge in [-0.3, -0.25) is 9.69 Å². The minimum absolute atomic E-state index is 0.0811. The normalized spacial score (nSPS) is 19.3. The summed E-state index contributed by atoms with van der Waals surface area (Å²) in [5, 5.41) is 9.02. The Morgan fingerprint density at radius 1 is 1.12 bits per heavy atom. The van der Waals surface area contributed by atoms with Crippen LogP contribution in [0.3, 0.4) is 0 Å². The zero-order valence-corrected chi connectivity index (χ0v) is 15.5. The van der Waals surface area contributed by atoms with Gasteiger partial charge in [0.1, 0.15) is 0 Å². The molecule has 1 aliphatic rings. The summed E-state index contributed by atoms with van der Waals surface area (Å²) in [5.74, 6) is 0.0811. The van der Waals surface area contributed by atoms with E-state index >= 15 is 0 Å². The Bertz CT molecular complexity index is 827. The SMILES string of the molecule is Cc1ccc(C=NN=C2SC(C)C(=O)N2Cc2ccccc2C)cc1. The second-order valence-corrected chi connectivity index (χ2v) is 7.46. The lowest BCUT2D eigenvalue weighted by Crippen LogP contribution is -2.31. The van der Waals surface area contributed by atoms with Gasteiger partial charge in [0.05, 0.1) is 18.0 Å². The Morgan fingerprint density at radius 3 is 2.56 bits per heavy atom. The molecular formula is C20H21N3OS. The molecule has 0 saturated carbocycles. The third kappa shape index (κ3) is 4.17. The summed E-state index contributed by atoms with van der Waals surface area (Å²) in [5.41, 5.74) is 4.49. The van der Waals surface area contributed by atoms with Crippen molar-refractivity contribution in [2.45, 2.75) is 32.6 Å². The van der Waals surface area contributed by atoms with Crippen molar-refractivity contribution in [1.29, 1.82) is 0 Å². The molecule has 0 aliphatic carbocycles. The fourth-order valence-corrected chi connectivity index (χ4v) is 3.48. The molecule has 1 aliphatic heterocycles. The van der Waals surface area contributed by atoms with Crippen molar-refractivity contribution in [2.24, 2.45) is 10.2 Å². The van der Waals surface area contributed by atoms with Crippen molar-refractivity contribution in [3.05, 3.63) is 70.8 Å². The van der Waals surface area contributed by atoms with Crippen LogP contribution in [-0.4, -0.2) is 27.4 Å². The maximum absolute atomic E-state index is 12.5. The highest BCUT2D eigenvalue weighted by Gasteiger charge is 2.35. The van der Waals surface area contributed by atoms with Crippen molar-refractivity contribution >= 4 is 29.1 Å². The highest BCUT2D eigenvalue weighted by molar-refractivity contribution is 8.15. The molecule has 128 valence electrons. The fourth-order valence-electron chi connectivity index (χ4n) is 2.56. The van der Waals surface area contributed by atoms with Crippen LogP contribution >= 0.6 is 11.8 Å². The zero-order chi connectivity index (χ0) is 17.8. The zero-order valence-electron chi connectivity index (χ0n) is 14.6. The van der Waals surface area contributed by atoms with E-state index in [1.54, 1.807) is 11.1 Å². The van der Waals surface area contributed by atoms with Crippen LogP contribution in [0.4, 0.5) is 0 Å². The van der Waals surface area contributed by atoms with Crippen molar-refractivity contribution in [2.75, 3.05) is 0 Å². The first-order valence-electron chi connectivity index (χ1n) is 8.25. The number of hydrogen-bond donors (Lipinski definition) is 0. The van der Waals surface area contributed by atoms with Crippen LogP contribution in [0.25, 0.3) is 0 Å². The van der Waals surface area contributed by atoms with E-state index in [2.05, 4.69) is 23.2 Å². The Labute approximate surface area is 152 Å². The smallest absolute Gasteiger partial charge is 0.242 e. The number of nitrogens with zero attached hydrogens (tertiary/aromatic N) is 3. The van der Waals surface area contributed by atoms with Crippen LogP contribution < -0.4 is 0 Å². The van der Waals surface area contributed by atoms with E-state index in [0.717, 1.165) is 11.1 Å². The second kappa shape index (κ2) is 7.66. The first-order valence-corrected chi connectivity index (χ1v) is 9.13. The van der Waals surface area contributed by atoms with E-state index in [4.69, 9.17) is 0 Å². The minimum Gasteiger partial charge on any atom is -0.284 e. The standard InChI is InChI=1S/C20H21N3OS/c1-14-8-10-17(11-9-14)12-21-22-20-23(19(24)16(3)25-20)13-18-7-5-4-6-15(18)2/h4-12,16H,13H2,1-3H3. The van der Waals surface area contributed by atoms with Crippen LogP contribution in [0.5, 0.6) is 0 Å². The molecule has 3 rings (SSSR count). The summed E-state index contributed by atoms with van der Waals surface area (Å²) < 4.78 is 0. The molecule has 0 bridgehead atoms. The maximum atomic E-state index is 12.5. The number of rotatable bonds is 4. The van der Waals surface area contributed by atoms with Crippen molar-refractivity contribution < 1.29 is 4.79 Å². The van der Waals surface area contributed by atoms with Gasteiger partial charge in [-0.15, -0.1) is 5.10 Å². The van der Waals surface area contributed by atoms with Gasteiger partial charge in [0.25, 0.3) is 0 Å². The number of amidine groups is 1. The fraction of sp³-hybridized carbons (Fsp3) is 0.250. The number of carbonyl (C=O) groups is 1. The third-order valence-electron chi connectivity index (χ3n) is 4.14. The molecule has 2 aromatic carbocycles. The first kappa shape index (κ1) is 17.4. The molecule has 25 heavy (non-hydrogen) atoms. The molecule has 0 radical (unpaired) electrons. The van der Waals surface area contributed by atoms with Gasteiger partial charge >= 0.3 is 0 Å². The number of thioether (sulfide) groups is 1. The monoisotopic (exact) mass is 351 g/mol. The molecular weight excluding hydrogens is 330 g/mol. The predicted octanol–water partition coefficient (Wildman–Crippen LogP) is 4.16. The summed E-state index contributed by atoms with van der Waals surface area (Å²) >= 11 is 1.46. The summed E-state index contributed by atoms with van der Waals surface area (Å²) in [6, 6.07) is 16.2. The van der Waals surface area contributed by atoms with Gasteiger partial charge < -0.3 is 0 Å². The number of hydrogen-bond acceptors (Lipinski definition) is 4. The van der Waals surface area contributed by atoms with E-state index in [9.17, 15) is 4.79 Å². The summed E-state index contributed by atoms with van der Waals surface area (Å²) in [7, 11) is 0. The molecule has 0 N–H and O–H groups in total. The van der Waals surface area contributed by atoms with Crippen LogP contribution in [0.2, 0.25) is 0 Å². The van der Waals surface area contributed by atoms with Crippen molar-refractivity contribution in [1.82, 2.24) is 4.90 Å². The summed E-state index contributed by atoms with van der Waals surface area (Å²) in [4.78, 5) is 14.2. The van der Waals surface area contributed by atoms with E-state index in [-0.39, 0.29) is 11.2 Å². The van der Waals surface area contributed by atoms with Gasteiger partial charge in [-0.2, -0.15) is 5.10 Å². The van der Waals surface area contributed by atoms with Crippen LogP contribution in [0.15, 0.2) is 58.7 Å². The highest BCUT2D eigenvalue weighted by atomic mass is 32.2. The Balaban J connectivity index is 1.79. The predicted molar refractivity (Wildman–Crippen MR) is 105 cm³/mol. The average Bonchev–Trinajstić information content (AvgIpc) is 2.86. The molecule has 1 heterocycles. The summed E-state index contributed by atoms with van der Waals surface area (Å²) in [6.07, 6.45) is 1.71. The molecule has 2 aromatic rings. The lowest BCUT2D eigenvalue weighted by atomic mass is 10.1. The molecule has 5 heteroatoms. The van der Waals surface area contributed by atoms with Gasteiger partial charge in [-0.1, -0.05) is 65.9 Å². The van der Waals surface area contributed by atoms with Gasteiger partial charge in [-0.25, -0.2) is 0 Å². The minimum atomic E-state index is -0.127. The lowest BCUT2D eigenvalue weighted by molar-refractivity contribution is -0.126. The number of aryl methyl sites for hydroxylation is 2. The van der Waals surface area contributed by atoms with Gasteiger partial charge in [0, 0.05) is 0 Å². The van der Waals surface area contributed by atoms with Crippen LogP contribution in [0, 0.1) is 13.8 Å². The Morgan fingerprint density at radius 2 is 1.84 bits per heavy atom. The molecule has 1 atom stereocenters. The van der Waals surface area contributed by atoms with E-state index in [1.807, 2.05) is 56.3 Å². The van der Waals surface area contributed by atoms with E-state index in [0.29, 0.717) is 11.7 Å². The van der Waals surface area contributed by atoms with Crippen LogP contribution in [0.1, 0.15) is 29.2 Å². The molecule has 4 nitrogen and oxygen atoms in total. The Hall–Kier alpha value is -2.40. The summed E-state index contributed by atoms with van der Waals surface area (Å²) in [6.45, 7) is 6.54. The maximum Gasteiger partial charge on any atom is 0.242 e. The first-order chi connectivity index (χ1) is 12.0. The van der Waals surface area contributed by atoms with Gasteiger partial charge in [-0.05, 0) is 37.5 Å². The highest BCUT2D eigenvalue weighted by Crippen LogP contribution is 2.29. The lowest BCUT2D eigenvalue weighted by Gasteiger charge is -2.16. The topological polar surface area (TPSA) is 45.0 Å². The van der Waals surface area contributed by atoms with Crippen LogP contribution in [-0.2, 0) is 11.3 Å². The van der Waals surface area contributed by atoms with E-state index in [1.165, 1.54) is 22.9 Å². The van der Waals surface area contributed by atoms with Crippen molar-refractivity contribution in [3.8, 4) is 0 Å². The van der Waals surface area contributed by atoms with Crippen molar-refractivity contribution in [3.63, 3.8) is 0 Å². The number of carbonyl (C=O) groups excluding carboxylic acids is 1. The number of benzene rings is 2. The third-order valence-corrected chi connectivity index (χ3v) is 5.21. The molecule has 1 saturated heterocycles. The molecule has 1 unspecified atom stereocenters. The molecule has 0 spiro atoms. The largest absolute Gasteiger partial charge is 0.284 e. The average molecular weight is 351 g/mol. The van der Waals surface area contributed by atoms with Gasteiger partial charge in [0.2, 0.25) is 5.91 Å². The molecule has 1 fully saturated rings. The molecule has 0 aromatic heterocycles. The Kier molecular flexibility index (Phi) is 5.34. The second-order valence-electron chi connectivity index (χ2n) is 6.15. The molecule has 1 amide bonds. The number of amides is 1. The van der Waals surface area contributed by atoms with Gasteiger partial charge in [0.15, 0.2) is 5.17 Å². The van der Waals surface area contributed by atoms with E-state index < -0.39 is 0 Å². The quantitative estimate of drug-likeness (QED) is 0.613.